The molecule has 110 valence electrons. The molecule has 0 N–H and O–H groups in total. The van der Waals surface area contributed by atoms with E-state index >= 15 is 0 Å². The molecule has 0 bridgehead atoms. The number of rotatable bonds is 3. The lowest BCUT2D eigenvalue weighted by Crippen LogP contribution is -2.44. The Morgan fingerprint density at radius 3 is 2.45 bits per heavy atom. The van der Waals surface area contributed by atoms with Gasteiger partial charge in [-0.1, -0.05) is 51.1 Å². The van der Waals surface area contributed by atoms with Crippen molar-refractivity contribution in [1.29, 1.82) is 0 Å². The van der Waals surface area contributed by atoms with Gasteiger partial charge in [0.15, 0.2) is 12.1 Å². The molecule has 1 aliphatic rings. The van der Waals surface area contributed by atoms with Gasteiger partial charge in [0.1, 0.15) is 0 Å². The van der Waals surface area contributed by atoms with Crippen LogP contribution in [0.1, 0.15) is 50.9 Å². The van der Waals surface area contributed by atoms with E-state index in [1.54, 1.807) is 0 Å². The first-order chi connectivity index (χ1) is 9.36. The molecule has 1 heterocycles. The third-order valence-corrected chi connectivity index (χ3v) is 3.48. The molecule has 1 fully saturated rings. The van der Waals surface area contributed by atoms with Gasteiger partial charge in [0.25, 0.3) is 0 Å². The normalized spacial score (nSPS) is 27.3. The van der Waals surface area contributed by atoms with Gasteiger partial charge in [-0.3, -0.25) is 4.79 Å². The van der Waals surface area contributed by atoms with Gasteiger partial charge in [0.05, 0.1) is 12.2 Å². The molecule has 1 saturated heterocycles. The lowest BCUT2D eigenvalue weighted by Gasteiger charge is -2.40. The predicted octanol–water partition coefficient (Wildman–Crippen LogP) is 3.83. The molecule has 0 spiro atoms. The van der Waals surface area contributed by atoms with Gasteiger partial charge in [-0.15, -0.1) is 0 Å². The maximum Gasteiger partial charge on any atom is 0.165 e. The maximum absolute atomic E-state index is 12.3. The fourth-order valence-electron chi connectivity index (χ4n) is 2.39. The molecule has 3 atom stereocenters. The highest BCUT2D eigenvalue weighted by atomic mass is 16.7. The van der Waals surface area contributed by atoms with Gasteiger partial charge in [-0.25, -0.2) is 0 Å². The molecule has 0 amide bonds. The summed E-state index contributed by atoms with van der Waals surface area (Å²) < 4.78 is 11.8. The number of carbonyl (C=O) groups excluding carboxylic acids is 1. The number of ether oxygens (including phenoxy) is 2. The highest BCUT2D eigenvalue weighted by Gasteiger charge is 2.36. The van der Waals surface area contributed by atoms with Crippen molar-refractivity contribution in [3.63, 3.8) is 0 Å². The molecule has 1 aliphatic heterocycles. The van der Waals surface area contributed by atoms with Gasteiger partial charge in [-0.05, 0) is 6.92 Å². The predicted molar refractivity (Wildman–Crippen MR) is 78.7 cm³/mol. The summed E-state index contributed by atoms with van der Waals surface area (Å²) in [5.41, 5.74) is 0.672. The fraction of sp³-hybridized carbons (Fsp3) is 0.588. The van der Waals surface area contributed by atoms with Gasteiger partial charge < -0.3 is 9.47 Å². The second-order valence-corrected chi connectivity index (χ2v) is 6.63. The number of benzene rings is 1. The first-order valence-corrected chi connectivity index (χ1v) is 7.25. The maximum atomic E-state index is 12.3. The first-order valence-electron chi connectivity index (χ1n) is 7.25. The summed E-state index contributed by atoms with van der Waals surface area (Å²) in [6.07, 6.45) is 1.01. The molecule has 2 rings (SSSR count). The van der Waals surface area contributed by atoms with Crippen molar-refractivity contribution in [2.75, 3.05) is 0 Å². The summed E-state index contributed by atoms with van der Waals surface area (Å²) in [5.74, 6) is 0.136. The Morgan fingerprint density at radius 2 is 1.85 bits per heavy atom. The van der Waals surface area contributed by atoms with Crippen LogP contribution in [0.15, 0.2) is 30.3 Å². The number of carbonyl (C=O) groups is 1. The zero-order chi connectivity index (χ0) is 14.8. The van der Waals surface area contributed by atoms with Crippen LogP contribution in [0.4, 0.5) is 0 Å². The summed E-state index contributed by atoms with van der Waals surface area (Å²) in [6, 6.07) is 9.40. The Labute approximate surface area is 121 Å². The van der Waals surface area contributed by atoms with Crippen LogP contribution in [0.25, 0.3) is 0 Å². The van der Waals surface area contributed by atoms with Crippen LogP contribution < -0.4 is 0 Å². The average molecular weight is 276 g/mol. The quantitative estimate of drug-likeness (QED) is 0.787. The monoisotopic (exact) mass is 276 g/mol. The number of Topliss-reactive ketones (excluding diaryl/α,β-unsaturated/α-hetero) is 1. The van der Waals surface area contributed by atoms with Crippen LogP contribution in [0, 0.1) is 5.41 Å². The van der Waals surface area contributed by atoms with E-state index in [2.05, 4.69) is 20.8 Å². The minimum Gasteiger partial charge on any atom is -0.349 e. The van der Waals surface area contributed by atoms with Crippen molar-refractivity contribution >= 4 is 5.78 Å². The minimum absolute atomic E-state index is 0.0596. The number of ketones is 1. The van der Waals surface area contributed by atoms with Crippen LogP contribution in [0.2, 0.25) is 0 Å². The van der Waals surface area contributed by atoms with Crippen LogP contribution in [0.5, 0.6) is 0 Å². The molecule has 1 aromatic rings. The Bertz CT molecular complexity index is 447. The lowest BCUT2D eigenvalue weighted by atomic mass is 9.93. The smallest absolute Gasteiger partial charge is 0.165 e. The van der Waals surface area contributed by atoms with Crippen molar-refractivity contribution in [3.8, 4) is 0 Å². The van der Waals surface area contributed by atoms with Crippen LogP contribution >= 0.6 is 0 Å². The molecule has 20 heavy (non-hydrogen) atoms. The van der Waals surface area contributed by atoms with Crippen molar-refractivity contribution < 1.29 is 14.3 Å². The number of hydrogen-bond acceptors (Lipinski definition) is 3. The fourth-order valence-corrected chi connectivity index (χ4v) is 2.39. The first kappa shape index (κ1) is 15.2. The molecule has 3 heteroatoms. The summed E-state index contributed by atoms with van der Waals surface area (Å²) in [5, 5.41) is 0. The molecule has 0 radical (unpaired) electrons. The zero-order valence-electron chi connectivity index (χ0n) is 12.8. The molecule has 1 aromatic carbocycles. The zero-order valence-corrected chi connectivity index (χ0v) is 12.8. The van der Waals surface area contributed by atoms with E-state index in [0.29, 0.717) is 6.42 Å². The third kappa shape index (κ3) is 3.90. The summed E-state index contributed by atoms with van der Waals surface area (Å²) >= 11 is 0. The van der Waals surface area contributed by atoms with E-state index in [0.717, 1.165) is 12.0 Å². The van der Waals surface area contributed by atoms with Crippen molar-refractivity contribution in [2.24, 2.45) is 5.41 Å². The molecule has 0 aromatic heterocycles. The highest BCUT2D eigenvalue weighted by molar-refractivity contribution is 5.96. The lowest BCUT2D eigenvalue weighted by molar-refractivity contribution is -0.274. The van der Waals surface area contributed by atoms with Crippen molar-refractivity contribution in [2.45, 2.75) is 59.0 Å². The van der Waals surface area contributed by atoms with Crippen LogP contribution in [-0.4, -0.2) is 24.3 Å². The van der Waals surface area contributed by atoms with E-state index < -0.39 is 0 Å². The van der Waals surface area contributed by atoms with E-state index in [9.17, 15) is 4.79 Å². The van der Waals surface area contributed by atoms with Gasteiger partial charge in [-0.2, -0.15) is 0 Å². The largest absolute Gasteiger partial charge is 0.349 e. The van der Waals surface area contributed by atoms with Crippen LogP contribution in [0.3, 0.4) is 0 Å². The Hall–Kier alpha value is -1.19. The molecule has 0 saturated carbocycles. The topological polar surface area (TPSA) is 35.5 Å². The van der Waals surface area contributed by atoms with E-state index in [4.69, 9.17) is 9.47 Å². The molecule has 3 nitrogen and oxygen atoms in total. The third-order valence-electron chi connectivity index (χ3n) is 3.48. The SMILES string of the molecule is C[C@H]1C[C@H](CC(=O)c2ccccc2)O[C@@H](C(C)(C)C)O1. The Balaban J connectivity index is 2.00. The van der Waals surface area contributed by atoms with Crippen LogP contribution in [-0.2, 0) is 9.47 Å². The molecular weight excluding hydrogens is 252 g/mol. The Morgan fingerprint density at radius 1 is 1.20 bits per heavy atom. The van der Waals surface area contributed by atoms with Crippen molar-refractivity contribution in [3.05, 3.63) is 35.9 Å². The molecule has 0 aliphatic carbocycles. The Kier molecular flexibility index (Phi) is 4.61. The standard InChI is InChI=1S/C17H24O3/c1-12-10-14(20-16(19-12)17(2,3)4)11-15(18)13-8-6-5-7-9-13/h5-9,12,14,16H,10-11H2,1-4H3/t12-,14+,16-/m0/s1. The van der Waals surface area contributed by atoms with E-state index in [-0.39, 0.29) is 29.7 Å². The molecular formula is C17H24O3. The van der Waals surface area contributed by atoms with Gasteiger partial charge in [0, 0.05) is 23.8 Å². The minimum atomic E-state index is -0.250. The summed E-state index contributed by atoms with van der Waals surface area (Å²) in [6.45, 7) is 8.31. The molecule has 0 unspecified atom stereocenters. The second-order valence-electron chi connectivity index (χ2n) is 6.63. The average Bonchev–Trinajstić information content (AvgIpc) is 2.38. The van der Waals surface area contributed by atoms with Gasteiger partial charge >= 0.3 is 0 Å². The highest BCUT2D eigenvalue weighted by Crippen LogP contribution is 2.32. The van der Waals surface area contributed by atoms with E-state index in [1.807, 2.05) is 37.3 Å². The summed E-state index contributed by atoms with van der Waals surface area (Å²) in [7, 11) is 0. The summed E-state index contributed by atoms with van der Waals surface area (Å²) in [4.78, 5) is 12.3. The number of hydrogen-bond donors (Lipinski definition) is 0. The van der Waals surface area contributed by atoms with Gasteiger partial charge in [0.2, 0.25) is 0 Å². The second kappa shape index (κ2) is 6.06. The van der Waals surface area contributed by atoms with Crippen molar-refractivity contribution in [1.82, 2.24) is 0 Å². The van der Waals surface area contributed by atoms with E-state index in [1.165, 1.54) is 0 Å².